The van der Waals surface area contributed by atoms with E-state index < -0.39 is 5.97 Å². The van der Waals surface area contributed by atoms with Crippen LogP contribution in [0.1, 0.15) is 43.1 Å². The van der Waals surface area contributed by atoms with Gasteiger partial charge in [0.1, 0.15) is 16.4 Å². The van der Waals surface area contributed by atoms with Crippen LogP contribution in [0.3, 0.4) is 0 Å². The van der Waals surface area contributed by atoms with Gasteiger partial charge in [-0.2, -0.15) is 5.10 Å². The van der Waals surface area contributed by atoms with Crippen molar-refractivity contribution in [2.45, 2.75) is 37.8 Å². The van der Waals surface area contributed by atoms with Crippen LogP contribution in [0.2, 0.25) is 0 Å². The van der Waals surface area contributed by atoms with Gasteiger partial charge in [-0.15, -0.1) is 11.8 Å². The van der Waals surface area contributed by atoms with Gasteiger partial charge in [-0.05, 0) is 19.1 Å². The van der Waals surface area contributed by atoms with E-state index in [1.807, 2.05) is 13.8 Å². The fourth-order valence-electron chi connectivity index (χ4n) is 1.68. The Kier molecular flexibility index (Phi) is 4.23. The molecule has 0 spiro atoms. The lowest BCUT2D eigenvalue weighted by atomic mass is 10.2. The lowest BCUT2D eigenvalue weighted by molar-refractivity contribution is 0.0694. The Labute approximate surface area is 99.0 Å². The molecule has 1 aromatic heterocycles. The van der Waals surface area contributed by atoms with Crippen molar-refractivity contribution < 1.29 is 9.90 Å². The molecule has 0 saturated carbocycles. The Hall–Kier alpha value is -1.17. The van der Waals surface area contributed by atoms with Crippen LogP contribution in [0.15, 0.2) is 5.03 Å². The van der Waals surface area contributed by atoms with Crippen molar-refractivity contribution in [3.8, 4) is 0 Å². The topological polar surface area (TPSA) is 81.1 Å². The van der Waals surface area contributed by atoms with Gasteiger partial charge in [-0.1, -0.05) is 13.8 Å². The Bertz CT molecular complexity index is 386. The zero-order chi connectivity index (χ0) is 12.3. The summed E-state index contributed by atoms with van der Waals surface area (Å²) in [5.41, 5.74) is 5.96. The number of anilines is 1. The molecule has 0 aliphatic heterocycles. The lowest BCUT2D eigenvalue weighted by Gasteiger charge is -2.14. The molecule has 0 bridgehead atoms. The first-order valence-corrected chi connectivity index (χ1v) is 6.44. The van der Waals surface area contributed by atoms with Crippen molar-refractivity contribution >= 4 is 23.5 Å². The van der Waals surface area contributed by atoms with E-state index in [1.54, 1.807) is 10.9 Å². The minimum Gasteiger partial charge on any atom is -0.477 e. The van der Waals surface area contributed by atoms with E-state index in [0.717, 1.165) is 12.8 Å². The highest BCUT2D eigenvalue weighted by atomic mass is 32.2. The number of nitrogens with two attached hydrogens (primary N) is 1. The van der Waals surface area contributed by atoms with Gasteiger partial charge in [0.15, 0.2) is 0 Å². The number of hydrogen-bond acceptors (Lipinski definition) is 4. The second kappa shape index (κ2) is 5.25. The molecule has 0 unspecified atom stereocenters. The molecule has 3 N–H and O–H groups in total. The number of carboxylic acids is 1. The number of aromatic nitrogens is 2. The Balaban J connectivity index is 3.27. The van der Waals surface area contributed by atoms with E-state index in [1.165, 1.54) is 11.8 Å². The molecule has 1 rings (SSSR count). The maximum Gasteiger partial charge on any atom is 0.342 e. The summed E-state index contributed by atoms with van der Waals surface area (Å²) in [7, 11) is 0. The van der Waals surface area contributed by atoms with E-state index in [9.17, 15) is 4.79 Å². The molecule has 1 aromatic rings. The van der Waals surface area contributed by atoms with Gasteiger partial charge in [-0.25, -0.2) is 9.48 Å². The lowest BCUT2D eigenvalue weighted by Crippen LogP contribution is -2.13. The zero-order valence-electron chi connectivity index (χ0n) is 9.73. The maximum atomic E-state index is 11.1. The summed E-state index contributed by atoms with van der Waals surface area (Å²) in [6, 6.07) is 0.166. The van der Waals surface area contributed by atoms with Crippen molar-refractivity contribution in [3.63, 3.8) is 0 Å². The zero-order valence-corrected chi connectivity index (χ0v) is 10.5. The molecule has 0 fully saturated rings. The third-order valence-corrected chi connectivity index (χ3v) is 3.28. The first kappa shape index (κ1) is 12.9. The second-order valence-corrected chi connectivity index (χ2v) is 4.28. The molecular weight excluding hydrogens is 226 g/mol. The summed E-state index contributed by atoms with van der Waals surface area (Å²) in [6.07, 6.45) is 3.57. The molecule has 0 aliphatic rings. The minimum atomic E-state index is -1.01. The average Bonchev–Trinajstić information content (AvgIpc) is 2.58. The summed E-state index contributed by atoms with van der Waals surface area (Å²) in [5, 5.41) is 13.8. The standard InChI is InChI=1S/C10H17N3O2S/c1-4-6(5-2)13-8(11)7(10(14)15)9(12-13)16-3/h6H,4-5,11H2,1-3H3,(H,14,15). The molecule has 0 atom stereocenters. The third-order valence-electron chi connectivity index (χ3n) is 2.61. The molecule has 1 heterocycles. The van der Waals surface area contributed by atoms with Gasteiger partial charge in [-0.3, -0.25) is 0 Å². The van der Waals surface area contributed by atoms with Crippen LogP contribution < -0.4 is 5.73 Å². The van der Waals surface area contributed by atoms with Crippen molar-refractivity contribution in [2.24, 2.45) is 0 Å². The molecule has 0 aromatic carbocycles. The van der Waals surface area contributed by atoms with Gasteiger partial charge >= 0.3 is 5.97 Å². The number of nitrogen functional groups attached to an aromatic ring is 1. The summed E-state index contributed by atoms with van der Waals surface area (Å²) in [6.45, 7) is 4.07. The fraction of sp³-hybridized carbons (Fsp3) is 0.600. The van der Waals surface area contributed by atoms with Gasteiger partial charge < -0.3 is 10.8 Å². The van der Waals surface area contributed by atoms with Crippen LogP contribution in [-0.2, 0) is 0 Å². The van der Waals surface area contributed by atoms with E-state index in [-0.39, 0.29) is 17.4 Å². The van der Waals surface area contributed by atoms with E-state index in [4.69, 9.17) is 10.8 Å². The smallest absolute Gasteiger partial charge is 0.342 e. The summed E-state index contributed by atoms with van der Waals surface area (Å²) in [5.74, 6) is -0.760. The molecule has 0 radical (unpaired) electrons. The molecule has 6 heteroatoms. The summed E-state index contributed by atoms with van der Waals surface area (Å²) in [4.78, 5) is 11.1. The van der Waals surface area contributed by atoms with Gasteiger partial charge in [0.25, 0.3) is 0 Å². The van der Waals surface area contributed by atoms with Crippen molar-refractivity contribution in [3.05, 3.63) is 5.56 Å². The molecule has 16 heavy (non-hydrogen) atoms. The van der Waals surface area contributed by atoms with Crippen LogP contribution in [0.4, 0.5) is 5.82 Å². The van der Waals surface area contributed by atoms with E-state index in [0.29, 0.717) is 5.03 Å². The maximum absolute atomic E-state index is 11.1. The Morgan fingerprint density at radius 3 is 2.44 bits per heavy atom. The van der Waals surface area contributed by atoms with Crippen molar-refractivity contribution in [1.29, 1.82) is 0 Å². The van der Waals surface area contributed by atoms with Crippen LogP contribution in [-0.4, -0.2) is 27.1 Å². The molecule has 0 aliphatic carbocycles. The molecule has 0 amide bonds. The molecule has 5 nitrogen and oxygen atoms in total. The Morgan fingerprint density at radius 1 is 1.56 bits per heavy atom. The number of carbonyl (C=O) groups is 1. The number of thioether (sulfide) groups is 1. The quantitative estimate of drug-likeness (QED) is 0.775. The SMILES string of the molecule is CCC(CC)n1nc(SC)c(C(=O)O)c1N. The number of nitrogens with zero attached hydrogens (tertiary/aromatic N) is 2. The van der Waals surface area contributed by atoms with Crippen LogP contribution in [0.5, 0.6) is 0 Å². The highest BCUT2D eigenvalue weighted by Crippen LogP contribution is 2.29. The number of aromatic carboxylic acids is 1. The highest BCUT2D eigenvalue weighted by molar-refractivity contribution is 7.98. The number of hydrogen-bond donors (Lipinski definition) is 2. The van der Waals surface area contributed by atoms with Gasteiger partial charge in [0.2, 0.25) is 0 Å². The summed E-state index contributed by atoms with van der Waals surface area (Å²) >= 11 is 1.30. The predicted molar refractivity (Wildman–Crippen MR) is 65.0 cm³/mol. The first-order valence-electron chi connectivity index (χ1n) is 5.21. The average molecular weight is 243 g/mol. The minimum absolute atomic E-state index is 0.124. The van der Waals surface area contributed by atoms with Crippen LogP contribution in [0, 0.1) is 0 Å². The molecular formula is C10H17N3O2S. The Morgan fingerprint density at radius 2 is 2.12 bits per heavy atom. The summed E-state index contributed by atoms with van der Waals surface area (Å²) < 4.78 is 1.63. The van der Waals surface area contributed by atoms with Crippen molar-refractivity contribution in [1.82, 2.24) is 9.78 Å². The molecule has 0 saturated heterocycles. The largest absolute Gasteiger partial charge is 0.477 e. The predicted octanol–water partition coefficient (Wildman–Crippen LogP) is 2.25. The normalized spacial score (nSPS) is 11.0. The number of rotatable bonds is 5. The van der Waals surface area contributed by atoms with E-state index in [2.05, 4.69) is 5.10 Å². The van der Waals surface area contributed by atoms with Crippen molar-refractivity contribution in [2.75, 3.05) is 12.0 Å². The first-order chi connectivity index (χ1) is 7.56. The van der Waals surface area contributed by atoms with Crippen LogP contribution in [0.25, 0.3) is 0 Å². The van der Waals surface area contributed by atoms with Crippen LogP contribution >= 0.6 is 11.8 Å². The van der Waals surface area contributed by atoms with Gasteiger partial charge in [0.05, 0.1) is 6.04 Å². The van der Waals surface area contributed by atoms with Gasteiger partial charge in [0, 0.05) is 0 Å². The number of carboxylic acid groups (broad SMARTS) is 1. The second-order valence-electron chi connectivity index (χ2n) is 3.49. The highest BCUT2D eigenvalue weighted by Gasteiger charge is 2.23. The fourth-order valence-corrected chi connectivity index (χ4v) is 2.25. The molecule has 90 valence electrons. The van der Waals surface area contributed by atoms with E-state index >= 15 is 0 Å². The monoisotopic (exact) mass is 243 g/mol. The third kappa shape index (κ3) is 2.16.